The van der Waals surface area contributed by atoms with E-state index in [0.29, 0.717) is 17.6 Å². The number of rotatable bonds is 6. The first-order valence-electron chi connectivity index (χ1n) is 6.70. The van der Waals surface area contributed by atoms with E-state index in [0.717, 1.165) is 25.0 Å². The Bertz CT molecular complexity index is 504. The molecule has 0 saturated heterocycles. The Morgan fingerprint density at radius 1 is 1.47 bits per heavy atom. The summed E-state index contributed by atoms with van der Waals surface area (Å²) >= 11 is 5.97. The standard InChI is InChI=1S/C14H22ClN3O/c1-5-9(4)16-13-12(15)14(19)18-11(17-13)8-10(6-2)7-3/h5,10H,6-8H2,1-4H3,(H2,16,17,18,19)/b9-5+. The quantitative estimate of drug-likeness (QED) is 0.836. The molecule has 0 aliphatic heterocycles. The lowest BCUT2D eigenvalue weighted by Crippen LogP contribution is -2.17. The maximum absolute atomic E-state index is 11.8. The summed E-state index contributed by atoms with van der Waals surface area (Å²) in [7, 11) is 0. The van der Waals surface area contributed by atoms with Crippen molar-refractivity contribution in [2.45, 2.75) is 47.0 Å². The van der Waals surface area contributed by atoms with Crippen LogP contribution in [-0.2, 0) is 6.42 Å². The number of H-pyrrole nitrogens is 1. The number of nitrogens with one attached hydrogen (secondary N) is 2. The van der Waals surface area contributed by atoms with Gasteiger partial charge >= 0.3 is 0 Å². The SMILES string of the molecule is C/C=C(\C)Nc1nc(CC(CC)CC)[nH]c(=O)c1Cl. The normalized spacial score (nSPS) is 12.0. The topological polar surface area (TPSA) is 57.8 Å². The van der Waals surface area contributed by atoms with Gasteiger partial charge < -0.3 is 10.3 Å². The highest BCUT2D eigenvalue weighted by molar-refractivity contribution is 6.32. The van der Waals surface area contributed by atoms with Crippen molar-refractivity contribution in [3.8, 4) is 0 Å². The van der Waals surface area contributed by atoms with Crippen LogP contribution >= 0.6 is 11.6 Å². The van der Waals surface area contributed by atoms with Crippen LogP contribution < -0.4 is 10.9 Å². The Labute approximate surface area is 119 Å². The number of anilines is 1. The lowest BCUT2D eigenvalue weighted by molar-refractivity contribution is 0.478. The molecule has 4 nitrogen and oxygen atoms in total. The van der Waals surface area contributed by atoms with E-state index in [4.69, 9.17) is 11.6 Å². The van der Waals surface area contributed by atoms with E-state index in [1.165, 1.54) is 0 Å². The van der Waals surface area contributed by atoms with Gasteiger partial charge in [-0.3, -0.25) is 4.79 Å². The molecule has 0 spiro atoms. The number of nitrogens with zero attached hydrogens (tertiary/aromatic N) is 1. The highest BCUT2D eigenvalue weighted by atomic mass is 35.5. The smallest absolute Gasteiger partial charge is 0.271 e. The monoisotopic (exact) mass is 283 g/mol. The molecular formula is C14H22ClN3O. The van der Waals surface area contributed by atoms with Crippen molar-refractivity contribution in [1.82, 2.24) is 9.97 Å². The predicted octanol–water partition coefficient (Wildman–Crippen LogP) is 3.74. The zero-order valence-electron chi connectivity index (χ0n) is 12.0. The summed E-state index contributed by atoms with van der Waals surface area (Å²) in [5.41, 5.74) is 0.623. The van der Waals surface area contributed by atoms with E-state index in [1.54, 1.807) is 0 Å². The van der Waals surface area contributed by atoms with E-state index >= 15 is 0 Å². The number of aromatic amines is 1. The van der Waals surface area contributed by atoms with Crippen LogP contribution in [0, 0.1) is 5.92 Å². The predicted molar refractivity (Wildman–Crippen MR) is 80.7 cm³/mol. The summed E-state index contributed by atoms with van der Waals surface area (Å²) in [5, 5.41) is 3.15. The van der Waals surface area contributed by atoms with Crippen LogP contribution in [0.25, 0.3) is 0 Å². The molecule has 19 heavy (non-hydrogen) atoms. The maximum atomic E-state index is 11.8. The molecule has 0 atom stereocenters. The van der Waals surface area contributed by atoms with Crippen molar-refractivity contribution < 1.29 is 0 Å². The molecule has 0 unspecified atom stereocenters. The molecule has 0 aromatic carbocycles. The maximum Gasteiger partial charge on any atom is 0.271 e. The van der Waals surface area contributed by atoms with Gasteiger partial charge in [-0.1, -0.05) is 44.4 Å². The summed E-state index contributed by atoms with van der Waals surface area (Å²) < 4.78 is 0. The first-order chi connectivity index (χ1) is 9.01. The van der Waals surface area contributed by atoms with Crippen molar-refractivity contribution in [3.05, 3.63) is 33.0 Å². The summed E-state index contributed by atoms with van der Waals surface area (Å²) in [4.78, 5) is 19.0. The number of hydrogen-bond donors (Lipinski definition) is 2. The average molecular weight is 284 g/mol. The molecule has 1 aromatic rings. The van der Waals surface area contributed by atoms with Crippen molar-refractivity contribution >= 4 is 17.4 Å². The molecule has 1 aromatic heterocycles. The summed E-state index contributed by atoms with van der Waals surface area (Å²) in [5.74, 6) is 1.65. The third-order valence-corrected chi connectivity index (χ3v) is 3.65. The number of allylic oxidation sites excluding steroid dienone is 2. The highest BCUT2D eigenvalue weighted by Crippen LogP contribution is 2.18. The van der Waals surface area contributed by atoms with Crippen molar-refractivity contribution in [1.29, 1.82) is 0 Å². The van der Waals surface area contributed by atoms with Crippen LogP contribution in [-0.4, -0.2) is 9.97 Å². The average Bonchev–Trinajstić information content (AvgIpc) is 2.41. The molecule has 106 valence electrons. The lowest BCUT2D eigenvalue weighted by Gasteiger charge is -2.13. The molecule has 0 bridgehead atoms. The van der Waals surface area contributed by atoms with Crippen molar-refractivity contribution in [2.24, 2.45) is 5.92 Å². The van der Waals surface area contributed by atoms with Crippen molar-refractivity contribution in [2.75, 3.05) is 5.32 Å². The van der Waals surface area contributed by atoms with Gasteiger partial charge in [0.2, 0.25) is 0 Å². The molecule has 1 rings (SSSR count). The highest BCUT2D eigenvalue weighted by Gasteiger charge is 2.12. The van der Waals surface area contributed by atoms with E-state index in [1.807, 2.05) is 19.9 Å². The molecule has 0 radical (unpaired) electrons. The minimum Gasteiger partial charge on any atom is -0.343 e. The van der Waals surface area contributed by atoms with Crippen LogP contribution in [0.5, 0.6) is 0 Å². The Kier molecular flexibility index (Phi) is 6.09. The van der Waals surface area contributed by atoms with E-state index in [-0.39, 0.29) is 10.6 Å². The molecule has 2 N–H and O–H groups in total. The lowest BCUT2D eigenvalue weighted by atomic mass is 9.99. The molecule has 5 heteroatoms. The van der Waals surface area contributed by atoms with Gasteiger partial charge in [-0.05, 0) is 19.8 Å². The van der Waals surface area contributed by atoms with E-state index in [2.05, 4.69) is 29.1 Å². The van der Waals surface area contributed by atoms with Crippen LogP contribution in [0.4, 0.5) is 5.82 Å². The summed E-state index contributed by atoms with van der Waals surface area (Å²) in [6.07, 6.45) is 4.81. The second-order valence-electron chi connectivity index (χ2n) is 4.66. The van der Waals surface area contributed by atoms with Crippen LogP contribution in [0.15, 0.2) is 16.6 Å². The van der Waals surface area contributed by atoms with Crippen LogP contribution in [0.2, 0.25) is 5.02 Å². The zero-order chi connectivity index (χ0) is 14.4. The van der Waals surface area contributed by atoms with Crippen LogP contribution in [0.1, 0.15) is 46.4 Å². The Morgan fingerprint density at radius 3 is 2.63 bits per heavy atom. The Morgan fingerprint density at radius 2 is 2.11 bits per heavy atom. The van der Waals surface area contributed by atoms with Gasteiger partial charge in [-0.25, -0.2) is 4.98 Å². The fourth-order valence-electron chi connectivity index (χ4n) is 1.79. The minimum atomic E-state index is -0.288. The molecule has 0 saturated carbocycles. The first kappa shape index (κ1) is 15.8. The minimum absolute atomic E-state index is 0.106. The summed E-state index contributed by atoms with van der Waals surface area (Å²) in [6, 6.07) is 0. The van der Waals surface area contributed by atoms with E-state index < -0.39 is 0 Å². The van der Waals surface area contributed by atoms with Gasteiger partial charge in [-0.15, -0.1) is 0 Å². The van der Waals surface area contributed by atoms with Gasteiger partial charge in [0.05, 0.1) is 0 Å². The first-order valence-corrected chi connectivity index (χ1v) is 7.08. The number of hydrogen-bond acceptors (Lipinski definition) is 3. The largest absolute Gasteiger partial charge is 0.343 e. The molecule has 0 aliphatic rings. The fraction of sp³-hybridized carbons (Fsp3) is 0.571. The van der Waals surface area contributed by atoms with Gasteiger partial charge in [0.25, 0.3) is 5.56 Å². The fourth-order valence-corrected chi connectivity index (χ4v) is 1.93. The molecule has 0 fully saturated rings. The Balaban J connectivity index is 3.05. The Hall–Kier alpha value is -1.29. The summed E-state index contributed by atoms with van der Waals surface area (Å²) in [6.45, 7) is 8.10. The second kappa shape index (κ2) is 7.34. The van der Waals surface area contributed by atoms with Gasteiger partial charge in [0.15, 0.2) is 5.82 Å². The molecule has 0 amide bonds. The molecular weight excluding hydrogens is 262 g/mol. The zero-order valence-corrected chi connectivity index (χ0v) is 12.8. The second-order valence-corrected chi connectivity index (χ2v) is 5.04. The molecule has 0 aliphatic carbocycles. The third kappa shape index (κ3) is 4.39. The number of aromatic nitrogens is 2. The third-order valence-electron chi connectivity index (χ3n) is 3.30. The van der Waals surface area contributed by atoms with Gasteiger partial charge in [0, 0.05) is 12.1 Å². The van der Waals surface area contributed by atoms with Gasteiger partial charge in [0.1, 0.15) is 10.8 Å². The van der Waals surface area contributed by atoms with Crippen LogP contribution in [0.3, 0.4) is 0 Å². The molecule has 1 heterocycles. The van der Waals surface area contributed by atoms with E-state index in [9.17, 15) is 4.79 Å². The van der Waals surface area contributed by atoms with Gasteiger partial charge in [-0.2, -0.15) is 0 Å². The number of halogens is 1. The van der Waals surface area contributed by atoms with Crippen molar-refractivity contribution in [3.63, 3.8) is 0 Å².